The van der Waals surface area contributed by atoms with Crippen LogP contribution in [-0.4, -0.2) is 23.3 Å². The Balaban J connectivity index is 1.90. The third-order valence-electron chi connectivity index (χ3n) is 3.29. The molecule has 1 heterocycles. The van der Waals surface area contributed by atoms with Crippen LogP contribution in [0.1, 0.15) is 35.9 Å². The van der Waals surface area contributed by atoms with Crippen molar-refractivity contribution in [2.45, 2.75) is 32.1 Å². The molecule has 0 fully saturated rings. The summed E-state index contributed by atoms with van der Waals surface area (Å²) in [7, 11) is 0. The average Bonchev–Trinajstić information content (AvgIpc) is 2.92. The number of Topliss-reactive ketones (excluding diaryl/α,β-unsaturated/α-hetero) is 1. The number of thiazole rings is 1. The van der Waals surface area contributed by atoms with E-state index in [4.69, 9.17) is 10.00 Å². The van der Waals surface area contributed by atoms with E-state index < -0.39 is 11.7 Å². The van der Waals surface area contributed by atoms with Gasteiger partial charge in [-0.25, -0.2) is 4.98 Å². The van der Waals surface area contributed by atoms with E-state index in [1.165, 1.54) is 11.3 Å². The minimum absolute atomic E-state index is 0.176. The van der Waals surface area contributed by atoms with Crippen molar-refractivity contribution in [3.05, 3.63) is 28.2 Å². The van der Waals surface area contributed by atoms with Crippen molar-refractivity contribution in [3.8, 4) is 6.07 Å². The highest BCUT2D eigenvalue weighted by Gasteiger charge is 2.26. The lowest BCUT2D eigenvalue weighted by Gasteiger charge is -2.16. The molecular weight excluding hydrogens is 288 g/mol. The Labute approximate surface area is 127 Å². The predicted molar refractivity (Wildman–Crippen MR) is 77.7 cm³/mol. The van der Waals surface area contributed by atoms with Crippen molar-refractivity contribution < 1.29 is 14.3 Å². The maximum Gasteiger partial charge on any atom is 0.309 e. The number of allylic oxidation sites excluding steroid dienone is 2. The summed E-state index contributed by atoms with van der Waals surface area (Å²) in [6.07, 6.45) is 6.24. The number of aryl methyl sites for hydroxylation is 1. The molecule has 110 valence electrons. The van der Waals surface area contributed by atoms with E-state index in [0.29, 0.717) is 11.4 Å². The lowest BCUT2D eigenvalue weighted by molar-refractivity contribution is -0.152. The van der Waals surface area contributed by atoms with Crippen molar-refractivity contribution >= 4 is 23.1 Å². The molecule has 1 aromatic heterocycles. The zero-order chi connectivity index (χ0) is 15.2. The Kier molecular flexibility index (Phi) is 5.23. The number of nitrogens with zero attached hydrogens (tertiary/aromatic N) is 2. The summed E-state index contributed by atoms with van der Waals surface area (Å²) >= 11 is 1.27. The Morgan fingerprint density at radius 1 is 1.57 bits per heavy atom. The van der Waals surface area contributed by atoms with Crippen molar-refractivity contribution in [1.82, 2.24) is 4.98 Å². The normalized spacial score (nSPS) is 18.8. The van der Waals surface area contributed by atoms with Gasteiger partial charge in [-0.15, -0.1) is 11.3 Å². The smallest absolute Gasteiger partial charge is 0.309 e. The first-order chi connectivity index (χ1) is 10.1. The molecule has 21 heavy (non-hydrogen) atoms. The molecule has 0 saturated carbocycles. The third-order valence-corrected chi connectivity index (χ3v) is 4.32. The van der Waals surface area contributed by atoms with E-state index in [9.17, 15) is 9.59 Å². The van der Waals surface area contributed by atoms with Crippen molar-refractivity contribution in [2.75, 3.05) is 6.61 Å². The monoisotopic (exact) mass is 304 g/mol. The largest absolute Gasteiger partial charge is 0.457 e. The second-order valence-electron chi connectivity index (χ2n) is 4.94. The molecule has 0 N–H and O–H groups in total. The van der Waals surface area contributed by atoms with Crippen LogP contribution in [0.3, 0.4) is 0 Å². The molecule has 0 bridgehead atoms. The van der Waals surface area contributed by atoms with Gasteiger partial charge in [0.05, 0.1) is 12.0 Å². The van der Waals surface area contributed by atoms with Gasteiger partial charge < -0.3 is 4.74 Å². The van der Waals surface area contributed by atoms with Gasteiger partial charge in [0, 0.05) is 11.1 Å². The topological polar surface area (TPSA) is 80.0 Å². The molecular formula is C15H16N2O3S. The number of hydrogen-bond donors (Lipinski definition) is 0. The SMILES string of the molecule is Cc1csc([C@H](C#N)C(=O)COC(=O)[C@H]2CC=CCC2)n1. The van der Waals surface area contributed by atoms with Crippen molar-refractivity contribution in [3.63, 3.8) is 0 Å². The minimum Gasteiger partial charge on any atom is -0.457 e. The number of ketones is 1. The van der Waals surface area contributed by atoms with Crippen molar-refractivity contribution in [1.29, 1.82) is 5.26 Å². The van der Waals surface area contributed by atoms with Gasteiger partial charge in [-0.3, -0.25) is 9.59 Å². The van der Waals surface area contributed by atoms with Gasteiger partial charge >= 0.3 is 5.97 Å². The highest BCUT2D eigenvalue weighted by Crippen LogP contribution is 2.22. The second kappa shape index (κ2) is 7.14. The van der Waals surface area contributed by atoms with Crippen LogP contribution in [0.15, 0.2) is 17.5 Å². The van der Waals surface area contributed by atoms with Gasteiger partial charge in [-0.2, -0.15) is 5.26 Å². The average molecular weight is 304 g/mol. The Hall–Kier alpha value is -2.00. The van der Waals surface area contributed by atoms with Gasteiger partial charge in [0.25, 0.3) is 0 Å². The summed E-state index contributed by atoms with van der Waals surface area (Å²) < 4.78 is 5.06. The number of carbonyl (C=O) groups is 2. The van der Waals surface area contributed by atoms with E-state index in [0.717, 1.165) is 18.5 Å². The fourth-order valence-electron chi connectivity index (χ4n) is 2.12. The molecule has 5 nitrogen and oxygen atoms in total. The highest BCUT2D eigenvalue weighted by atomic mass is 32.1. The van der Waals surface area contributed by atoms with Crippen LogP contribution >= 0.6 is 11.3 Å². The van der Waals surface area contributed by atoms with Crippen LogP contribution in [0.5, 0.6) is 0 Å². The standard InChI is InChI=1S/C15H16N2O3S/c1-10-9-21-14(17-10)12(7-16)13(18)8-20-15(19)11-5-3-2-4-6-11/h2-3,9,11-12H,4-6,8H2,1H3/t11-,12+/m0/s1. The lowest BCUT2D eigenvalue weighted by Crippen LogP contribution is -2.24. The molecule has 2 rings (SSSR count). The zero-order valence-electron chi connectivity index (χ0n) is 11.7. The van der Waals surface area contributed by atoms with E-state index in [1.807, 2.05) is 18.2 Å². The molecule has 1 aromatic rings. The number of nitriles is 1. The number of esters is 1. The Bertz CT molecular complexity index is 600. The first-order valence-electron chi connectivity index (χ1n) is 6.77. The summed E-state index contributed by atoms with van der Waals surface area (Å²) in [6, 6.07) is 1.93. The van der Waals surface area contributed by atoms with Crippen LogP contribution in [0.25, 0.3) is 0 Å². The number of rotatable bonds is 5. The molecule has 0 aliphatic heterocycles. The van der Waals surface area contributed by atoms with Gasteiger partial charge in [0.2, 0.25) is 0 Å². The first-order valence-corrected chi connectivity index (χ1v) is 7.65. The fraction of sp³-hybridized carbons (Fsp3) is 0.467. The maximum absolute atomic E-state index is 12.0. The van der Waals surface area contributed by atoms with E-state index in [2.05, 4.69) is 4.98 Å². The summed E-state index contributed by atoms with van der Waals surface area (Å²) in [4.78, 5) is 28.0. The molecule has 0 spiro atoms. The third kappa shape index (κ3) is 3.99. The first kappa shape index (κ1) is 15.4. The van der Waals surface area contributed by atoms with E-state index >= 15 is 0 Å². The van der Waals surface area contributed by atoms with Crippen LogP contribution < -0.4 is 0 Å². The Morgan fingerprint density at radius 3 is 2.95 bits per heavy atom. The highest BCUT2D eigenvalue weighted by molar-refractivity contribution is 7.09. The van der Waals surface area contributed by atoms with E-state index in [1.54, 1.807) is 12.3 Å². The Morgan fingerprint density at radius 2 is 2.38 bits per heavy atom. The lowest BCUT2D eigenvalue weighted by atomic mass is 9.95. The van der Waals surface area contributed by atoms with Crippen LogP contribution in [-0.2, 0) is 14.3 Å². The van der Waals surface area contributed by atoms with Gasteiger partial charge in [0.15, 0.2) is 18.3 Å². The number of carbonyl (C=O) groups excluding carboxylic acids is 2. The number of ether oxygens (including phenoxy) is 1. The fourth-order valence-corrected chi connectivity index (χ4v) is 2.98. The molecule has 0 aromatic carbocycles. The van der Waals surface area contributed by atoms with Crippen LogP contribution in [0.2, 0.25) is 0 Å². The molecule has 0 saturated heterocycles. The maximum atomic E-state index is 12.0. The summed E-state index contributed by atoms with van der Waals surface area (Å²) in [6.45, 7) is 1.44. The van der Waals surface area contributed by atoms with Crippen molar-refractivity contribution in [2.24, 2.45) is 5.92 Å². The molecule has 0 unspecified atom stereocenters. The molecule has 0 amide bonds. The zero-order valence-corrected chi connectivity index (χ0v) is 12.6. The predicted octanol–water partition coefficient (Wildman–Crippen LogP) is 2.53. The number of hydrogen-bond acceptors (Lipinski definition) is 6. The van der Waals surface area contributed by atoms with Gasteiger partial charge in [-0.1, -0.05) is 12.2 Å². The second-order valence-corrected chi connectivity index (χ2v) is 5.83. The quantitative estimate of drug-likeness (QED) is 0.617. The molecule has 1 aliphatic rings. The molecule has 2 atom stereocenters. The summed E-state index contributed by atoms with van der Waals surface area (Å²) in [5.74, 6) is -1.92. The van der Waals surface area contributed by atoms with Gasteiger partial charge in [0.1, 0.15) is 5.01 Å². The molecule has 1 aliphatic carbocycles. The summed E-state index contributed by atoms with van der Waals surface area (Å²) in [5, 5.41) is 11.4. The summed E-state index contributed by atoms with van der Waals surface area (Å²) in [5.41, 5.74) is 0.772. The van der Waals surface area contributed by atoms with Crippen LogP contribution in [0.4, 0.5) is 0 Å². The molecule has 0 radical (unpaired) electrons. The minimum atomic E-state index is -0.956. The molecule has 6 heteroatoms. The van der Waals surface area contributed by atoms with E-state index in [-0.39, 0.29) is 18.5 Å². The number of aromatic nitrogens is 1. The van der Waals surface area contributed by atoms with Crippen LogP contribution in [0, 0.1) is 24.2 Å². The van der Waals surface area contributed by atoms with Gasteiger partial charge in [-0.05, 0) is 26.2 Å².